The van der Waals surface area contributed by atoms with Crippen molar-refractivity contribution in [3.63, 3.8) is 0 Å². The van der Waals surface area contributed by atoms with Gasteiger partial charge in [0.05, 0.1) is 18.7 Å². The first-order valence-electron chi connectivity index (χ1n) is 10.6. The van der Waals surface area contributed by atoms with Crippen LogP contribution in [0.4, 0.5) is 5.82 Å². The number of rotatable bonds is 8. The van der Waals surface area contributed by atoms with Crippen LogP contribution in [0.5, 0.6) is 5.75 Å². The minimum Gasteiger partial charge on any atom is -0.497 e. The molecule has 33 heavy (non-hydrogen) atoms. The Hall–Kier alpha value is -3.79. The predicted octanol–water partition coefficient (Wildman–Crippen LogP) is 2.59. The molecule has 0 aliphatic carbocycles. The molecule has 168 valence electrons. The molecular formula is C23H23N7O2S. The van der Waals surface area contributed by atoms with Gasteiger partial charge in [0.25, 0.3) is 0 Å². The first-order chi connectivity index (χ1) is 16.2. The first kappa shape index (κ1) is 21.1. The summed E-state index contributed by atoms with van der Waals surface area (Å²) in [5, 5.41) is 10.2. The largest absolute Gasteiger partial charge is 0.497 e. The predicted molar refractivity (Wildman–Crippen MR) is 126 cm³/mol. The van der Waals surface area contributed by atoms with E-state index in [4.69, 9.17) is 4.74 Å². The van der Waals surface area contributed by atoms with Crippen molar-refractivity contribution in [1.29, 1.82) is 0 Å². The number of aromatic nitrogens is 5. The van der Waals surface area contributed by atoms with Gasteiger partial charge in [-0.3, -0.25) is 4.79 Å². The molecule has 0 unspecified atom stereocenters. The molecule has 0 radical (unpaired) electrons. The quantitative estimate of drug-likeness (QED) is 0.431. The molecule has 5 rings (SSSR count). The van der Waals surface area contributed by atoms with E-state index in [9.17, 15) is 4.79 Å². The van der Waals surface area contributed by atoms with Crippen molar-refractivity contribution >= 4 is 23.1 Å². The summed E-state index contributed by atoms with van der Waals surface area (Å²) in [6.45, 7) is 1.84. The minimum atomic E-state index is -0.0431. The molecule has 0 bridgehead atoms. The van der Waals surface area contributed by atoms with Gasteiger partial charge in [0.1, 0.15) is 22.9 Å². The van der Waals surface area contributed by atoms with Crippen molar-refractivity contribution in [3.05, 3.63) is 66.2 Å². The first-order valence-corrected chi connectivity index (χ1v) is 11.5. The summed E-state index contributed by atoms with van der Waals surface area (Å²) in [6.07, 6.45) is 5.76. The number of carbonyl (C=O) groups excluding carboxylic acids is 1. The smallest absolute Gasteiger partial charge is 0.226 e. The number of carbonyl (C=O) groups is 1. The Morgan fingerprint density at radius 1 is 1.21 bits per heavy atom. The van der Waals surface area contributed by atoms with Crippen molar-refractivity contribution < 1.29 is 9.53 Å². The lowest BCUT2D eigenvalue weighted by Crippen LogP contribution is -2.54. The lowest BCUT2D eigenvalue weighted by Gasteiger charge is -2.39. The van der Waals surface area contributed by atoms with Crippen molar-refractivity contribution in [3.8, 4) is 22.1 Å². The molecule has 1 aromatic carbocycles. The summed E-state index contributed by atoms with van der Waals surface area (Å²) >= 11 is 1.61. The van der Waals surface area contributed by atoms with Gasteiger partial charge in [0.15, 0.2) is 5.82 Å². The number of benzene rings is 1. The van der Waals surface area contributed by atoms with Gasteiger partial charge in [-0.05, 0) is 30.3 Å². The molecule has 1 saturated heterocycles. The van der Waals surface area contributed by atoms with E-state index in [1.807, 2.05) is 48.0 Å². The molecule has 1 aliphatic heterocycles. The summed E-state index contributed by atoms with van der Waals surface area (Å²) in [5.41, 5.74) is 2.04. The number of anilines is 1. The van der Waals surface area contributed by atoms with Gasteiger partial charge in [-0.25, -0.2) is 19.6 Å². The Kier molecular flexibility index (Phi) is 5.99. The highest BCUT2D eigenvalue weighted by atomic mass is 32.1. The number of methoxy groups -OCH3 is 1. The molecule has 9 nitrogen and oxygen atoms in total. The zero-order chi connectivity index (χ0) is 22.6. The number of nitrogens with one attached hydrogen (secondary N) is 1. The van der Waals surface area contributed by atoms with Crippen LogP contribution in [0.3, 0.4) is 0 Å². The van der Waals surface area contributed by atoms with Gasteiger partial charge in [-0.15, -0.1) is 11.3 Å². The number of thiazole rings is 1. The number of hydrogen-bond donors (Lipinski definition) is 1. The Labute approximate surface area is 195 Å². The molecule has 0 atom stereocenters. The van der Waals surface area contributed by atoms with Gasteiger partial charge in [0.2, 0.25) is 5.91 Å². The van der Waals surface area contributed by atoms with Crippen LogP contribution in [-0.4, -0.2) is 57.4 Å². The van der Waals surface area contributed by atoms with E-state index in [2.05, 4.69) is 30.3 Å². The Bertz CT molecular complexity index is 1220. The van der Waals surface area contributed by atoms with Gasteiger partial charge in [0, 0.05) is 55.5 Å². The van der Waals surface area contributed by atoms with Crippen molar-refractivity contribution in [2.24, 2.45) is 5.92 Å². The second-order valence-electron chi connectivity index (χ2n) is 7.70. The number of ether oxygens (including phenoxy) is 1. The molecule has 0 saturated carbocycles. The molecule has 1 aliphatic rings. The average molecular weight is 462 g/mol. The third-order valence-corrected chi connectivity index (χ3v) is 6.46. The molecule has 4 aromatic rings. The molecule has 0 spiro atoms. The molecule has 3 aromatic heterocycles. The van der Waals surface area contributed by atoms with E-state index >= 15 is 0 Å². The SMILES string of the molecule is COc1ccc(-c2nc(CCNC(=O)C3CN(c4cc(-n5cccn5)ncn4)C3)cs2)cc1. The van der Waals surface area contributed by atoms with Gasteiger partial charge >= 0.3 is 0 Å². The van der Waals surface area contributed by atoms with E-state index in [1.165, 1.54) is 6.33 Å². The average Bonchev–Trinajstić information content (AvgIpc) is 3.51. The zero-order valence-electron chi connectivity index (χ0n) is 18.1. The van der Waals surface area contributed by atoms with Crippen LogP contribution in [0.15, 0.2) is 60.5 Å². The molecule has 1 fully saturated rings. The molecule has 1 amide bonds. The maximum absolute atomic E-state index is 12.5. The van der Waals surface area contributed by atoms with Crippen molar-refractivity contribution in [2.75, 3.05) is 31.6 Å². The van der Waals surface area contributed by atoms with Crippen LogP contribution in [0, 0.1) is 5.92 Å². The van der Waals surface area contributed by atoms with E-state index in [-0.39, 0.29) is 11.8 Å². The Morgan fingerprint density at radius 3 is 2.79 bits per heavy atom. The highest BCUT2D eigenvalue weighted by molar-refractivity contribution is 7.13. The monoisotopic (exact) mass is 461 g/mol. The second kappa shape index (κ2) is 9.37. The zero-order valence-corrected chi connectivity index (χ0v) is 18.9. The maximum Gasteiger partial charge on any atom is 0.226 e. The fourth-order valence-electron chi connectivity index (χ4n) is 3.62. The number of amides is 1. The fourth-order valence-corrected chi connectivity index (χ4v) is 4.48. The van der Waals surface area contributed by atoms with Crippen molar-refractivity contribution in [2.45, 2.75) is 6.42 Å². The third-order valence-electron chi connectivity index (χ3n) is 5.52. The highest BCUT2D eigenvalue weighted by Crippen LogP contribution is 2.26. The lowest BCUT2D eigenvalue weighted by molar-refractivity contribution is -0.125. The topological polar surface area (TPSA) is 98.1 Å². The van der Waals surface area contributed by atoms with E-state index < -0.39 is 0 Å². The van der Waals surface area contributed by atoms with Crippen LogP contribution < -0.4 is 15.0 Å². The van der Waals surface area contributed by atoms with Crippen LogP contribution in [0.2, 0.25) is 0 Å². The summed E-state index contributed by atoms with van der Waals surface area (Å²) in [7, 11) is 1.65. The molecule has 1 N–H and O–H groups in total. The van der Waals surface area contributed by atoms with E-state index in [1.54, 1.807) is 29.3 Å². The van der Waals surface area contributed by atoms with Gasteiger partial charge in [-0.2, -0.15) is 5.10 Å². The molecule has 4 heterocycles. The fraction of sp³-hybridized carbons (Fsp3) is 0.261. The number of hydrogen-bond acceptors (Lipinski definition) is 8. The van der Waals surface area contributed by atoms with Crippen molar-refractivity contribution in [1.82, 2.24) is 30.0 Å². The minimum absolute atomic E-state index is 0.0431. The third kappa shape index (κ3) is 4.70. The Morgan fingerprint density at radius 2 is 2.03 bits per heavy atom. The number of nitrogens with zero attached hydrogens (tertiary/aromatic N) is 6. The lowest BCUT2D eigenvalue weighted by atomic mass is 9.99. The van der Waals surface area contributed by atoms with Gasteiger partial charge in [-0.1, -0.05) is 0 Å². The van der Waals surface area contributed by atoms with Crippen LogP contribution in [0.1, 0.15) is 5.69 Å². The molecule has 10 heteroatoms. The summed E-state index contributed by atoms with van der Waals surface area (Å²) in [5.74, 6) is 2.35. The van der Waals surface area contributed by atoms with Crippen LogP contribution >= 0.6 is 11.3 Å². The van der Waals surface area contributed by atoms with Gasteiger partial charge < -0.3 is 15.0 Å². The van der Waals surface area contributed by atoms with Crippen LogP contribution in [0.25, 0.3) is 16.4 Å². The second-order valence-corrected chi connectivity index (χ2v) is 8.56. The highest BCUT2D eigenvalue weighted by Gasteiger charge is 2.33. The summed E-state index contributed by atoms with van der Waals surface area (Å²) < 4.78 is 6.89. The Balaban J connectivity index is 1.09. The van der Waals surface area contributed by atoms with E-state index in [0.29, 0.717) is 31.9 Å². The normalized spacial score (nSPS) is 13.5. The maximum atomic E-state index is 12.5. The van der Waals surface area contributed by atoms with Crippen LogP contribution in [-0.2, 0) is 11.2 Å². The standard InChI is InChI=1S/C23H23N7O2S/c1-32-19-5-3-16(4-6-19)23-28-18(14-33-23)7-9-24-22(31)17-12-29(13-17)20-11-21(26-15-25-20)30-10-2-8-27-30/h2-6,8,10-11,14-15,17H,7,9,12-13H2,1H3,(H,24,31). The summed E-state index contributed by atoms with van der Waals surface area (Å²) in [6, 6.07) is 11.6. The molecular weight excluding hydrogens is 438 g/mol. The summed E-state index contributed by atoms with van der Waals surface area (Å²) in [4.78, 5) is 27.9. The van der Waals surface area contributed by atoms with E-state index in [0.717, 1.165) is 27.8 Å².